The van der Waals surface area contributed by atoms with Crippen LogP contribution < -0.4 is 0 Å². The Bertz CT molecular complexity index is 296. The summed E-state index contributed by atoms with van der Waals surface area (Å²) in [5, 5.41) is 0. The first-order valence-electron chi connectivity index (χ1n) is 5.12. The van der Waals surface area contributed by atoms with Crippen LogP contribution in [0.1, 0.15) is 6.92 Å². The van der Waals surface area contributed by atoms with Crippen molar-refractivity contribution in [2.75, 3.05) is 6.61 Å². The second kappa shape index (κ2) is 6.81. The molecule has 0 rings (SSSR count). The van der Waals surface area contributed by atoms with E-state index in [1.165, 1.54) is 0 Å². The zero-order chi connectivity index (χ0) is 16.3. The van der Waals surface area contributed by atoms with Gasteiger partial charge in [-0.2, -0.15) is 17.6 Å². The molecule has 20 heavy (non-hydrogen) atoms. The fraction of sp³-hybridized carbons (Fsp3) is 1.00. The van der Waals surface area contributed by atoms with Crippen LogP contribution in [0.25, 0.3) is 0 Å². The number of alkyl halides is 10. The molecule has 0 amide bonds. The van der Waals surface area contributed by atoms with Crippen LogP contribution in [0.5, 0.6) is 0 Å². The molecule has 0 saturated carbocycles. The first kappa shape index (κ1) is 19.3. The van der Waals surface area contributed by atoms with Crippen molar-refractivity contribution < 1.29 is 48.6 Å². The average Bonchev–Trinajstić information content (AvgIpc) is 2.35. The maximum atomic E-state index is 12.9. The van der Waals surface area contributed by atoms with E-state index in [0.717, 1.165) is 6.92 Å². The third-order valence-corrected chi connectivity index (χ3v) is 2.21. The lowest BCUT2D eigenvalue weighted by Gasteiger charge is -2.32. The summed E-state index contributed by atoms with van der Waals surface area (Å²) in [4.78, 5) is 0. The first-order chi connectivity index (χ1) is 8.91. The van der Waals surface area contributed by atoms with Crippen molar-refractivity contribution in [3.05, 3.63) is 0 Å². The molecule has 0 aromatic heterocycles. The van der Waals surface area contributed by atoms with Crippen LogP contribution in [0.4, 0.5) is 43.9 Å². The Hall–Kier alpha value is -0.740. The van der Waals surface area contributed by atoms with E-state index in [9.17, 15) is 43.9 Å². The third-order valence-electron chi connectivity index (χ3n) is 2.21. The zero-order valence-electron chi connectivity index (χ0n) is 9.78. The molecule has 0 aromatic rings. The summed E-state index contributed by atoms with van der Waals surface area (Å²) in [6.07, 6.45) is -21.2. The summed E-state index contributed by atoms with van der Waals surface area (Å²) in [7, 11) is 0. The van der Waals surface area contributed by atoms with Gasteiger partial charge in [0.25, 0.3) is 12.8 Å². The van der Waals surface area contributed by atoms with E-state index in [1.54, 1.807) is 0 Å². The largest absolute Gasteiger partial charge is 0.367 e. The van der Waals surface area contributed by atoms with Gasteiger partial charge in [0.2, 0.25) is 6.17 Å². The monoisotopic (exact) mass is 324 g/mol. The molecule has 0 fully saturated rings. The van der Waals surface area contributed by atoms with Gasteiger partial charge in [0.05, 0.1) is 0 Å². The molecule has 4 unspecified atom stereocenters. The van der Waals surface area contributed by atoms with Gasteiger partial charge in [-0.1, -0.05) is 0 Å². The van der Waals surface area contributed by atoms with E-state index in [4.69, 9.17) is 0 Å². The highest BCUT2D eigenvalue weighted by molar-refractivity contribution is 4.98. The lowest BCUT2D eigenvalue weighted by molar-refractivity contribution is -0.316. The van der Waals surface area contributed by atoms with Crippen molar-refractivity contribution >= 4 is 0 Å². The van der Waals surface area contributed by atoms with Crippen molar-refractivity contribution in [2.45, 2.75) is 50.1 Å². The fourth-order valence-electron chi connectivity index (χ4n) is 1.09. The van der Waals surface area contributed by atoms with Gasteiger partial charge in [0.1, 0.15) is 0 Å². The lowest BCUT2D eigenvalue weighted by Crippen LogP contribution is -2.58. The summed E-state index contributed by atoms with van der Waals surface area (Å²) in [6, 6.07) is 0. The van der Waals surface area contributed by atoms with Crippen molar-refractivity contribution in [3.8, 4) is 0 Å². The Morgan fingerprint density at radius 3 is 1.60 bits per heavy atom. The Morgan fingerprint density at radius 1 is 0.800 bits per heavy atom. The SMILES string of the molecule is CCOC(F)C(F)(F)C(F)(F)C(F)C(F)C(F)C(F)F. The molecule has 0 aliphatic rings. The van der Waals surface area contributed by atoms with Crippen molar-refractivity contribution in [2.24, 2.45) is 0 Å². The summed E-state index contributed by atoms with van der Waals surface area (Å²) in [5.74, 6) is -11.9. The molecular weight excluding hydrogens is 314 g/mol. The second-order valence-electron chi connectivity index (χ2n) is 3.64. The summed E-state index contributed by atoms with van der Waals surface area (Å²) < 4.78 is 129. The van der Waals surface area contributed by atoms with E-state index in [2.05, 4.69) is 4.74 Å². The minimum atomic E-state index is -6.08. The van der Waals surface area contributed by atoms with Gasteiger partial charge in [-0.25, -0.2) is 26.3 Å². The average molecular weight is 324 g/mol. The number of ether oxygens (including phenoxy) is 1. The Labute approximate surface area is 106 Å². The van der Waals surface area contributed by atoms with E-state index in [-0.39, 0.29) is 0 Å². The predicted molar refractivity (Wildman–Crippen MR) is 47.1 cm³/mol. The molecule has 0 aliphatic carbocycles. The highest BCUT2D eigenvalue weighted by atomic mass is 19.3. The van der Waals surface area contributed by atoms with E-state index >= 15 is 0 Å². The van der Waals surface area contributed by atoms with Crippen LogP contribution in [0.3, 0.4) is 0 Å². The second-order valence-corrected chi connectivity index (χ2v) is 3.64. The van der Waals surface area contributed by atoms with E-state index in [0.29, 0.717) is 0 Å². The molecule has 122 valence electrons. The van der Waals surface area contributed by atoms with Gasteiger partial charge in [0, 0.05) is 6.61 Å². The van der Waals surface area contributed by atoms with Crippen molar-refractivity contribution in [3.63, 3.8) is 0 Å². The minimum Gasteiger partial charge on any atom is -0.344 e. The quantitative estimate of drug-likeness (QED) is 0.616. The van der Waals surface area contributed by atoms with Crippen LogP contribution >= 0.6 is 0 Å². The van der Waals surface area contributed by atoms with Gasteiger partial charge >= 0.3 is 11.8 Å². The van der Waals surface area contributed by atoms with Gasteiger partial charge in [0.15, 0.2) is 12.3 Å². The van der Waals surface area contributed by atoms with E-state index in [1.807, 2.05) is 0 Å². The number of hydrogen-bond acceptors (Lipinski definition) is 1. The molecule has 0 radical (unpaired) electrons. The Balaban J connectivity index is 5.19. The molecule has 0 aromatic carbocycles. The lowest BCUT2D eigenvalue weighted by atomic mass is 10.00. The van der Waals surface area contributed by atoms with Crippen LogP contribution in [0.2, 0.25) is 0 Å². The molecular formula is C9H10F10O. The van der Waals surface area contributed by atoms with Crippen molar-refractivity contribution in [1.82, 2.24) is 0 Å². The molecule has 0 saturated heterocycles. The smallest absolute Gasteiger partial charge is 0.344 e. The van der Waals surface area contributed by atoms with Crippen molar-refractivity contribution in [1.29, 1.82) is 0 Å². The molecule has 0 aliphatic heterocycles. The molecule has 0 bridgehead atoms. The van der Waals surface area contributed by atoms with Gasteiger partial charge in [-0.3, -0.25) is 0 Å². The highest BCUT2D eigenvalue weighted by Crippen LogP contribution is 2.44. The predicted octanol–water partition coefficient (Wildman–Crippen LogP) is 3.87. The van der Waals surface area contributed by atoms with E-state index < -0.39 is 49.8 Å². The van der Waals surface area contributed by atoms with Crippen LogP contribution in [-0.4, -0.2) is 49.8 Å². The zero-order valence-corrected chi connectivity index (χ0v) is 9.78. The topological polar surface area (TPSA) is 9.23 Å². The molecule has 4 atom stereocenters. The molecule has 0 spiro atoms. The highest BCUT2D eigenvalue weighted by Gasteiger charge is 2.69. The van der Waals surface area contributed by atoms with Gasteiger partial charge < -0.3 is 4.74 Å². The number of halogens is 10. The maximum absolute atomic E-state index is 12.9. The number of hydrogen-bond donors (Lipinski definition) is 0. The van der Waals surface area contributed by atoms with Crippen LogP contribution in [0.15, 0.2) is 0 Å². The minimum absolute atomic E-state index is 0.800. The Morgan fingerprint density at radius 2 is 1.25 bits per heavy atom. The number of rotatable bonds is 8. The van der Waals surface area contributed by atoms with Crippen LogP contribution in [0, 0.1) is 0 Å². The Kier molecular flexibility index (Phi) is 6.56. The first-order valence-corrected chi connectivity index (χ1v) is 5.12. The molecule has 1 nitrogen and oxygen atoms in total. The fourth-order valence-corrected chi connectivity index (χ4v) is 1.09. The van der Waals surface area contributed by atoms with Gasteiger partial charge in [-0.05, 0) is 6.92 Å². The summed E-state index contributed by atoms with van der Waals surface area (Å²) in [6.45, 7) is 0.145. The van der Waals surface area contributed by atoms with Crippen LogP contribution in [-0.2, 0) is 4.74 Å². The summed E-state index contributed by atoms with van der Waals surface area (Å²) in [5.41, 5.74) is 0. The molecule has 0 N–H and O–H groups in total. The molecule has 11 heteroatoms. The normalized spacial score (nSPS) is 19.8. The summed E-state index contributed by atoms with van der Waals surface area (Å²) >= 11 is 0. The standard InChI is InChI=1S/C9H10F10O/c1-2-20-7(15)9(18,19)8(16,17)5(12)3(10)4(11)6(13)14/h3-7H,2H2,1H3. The maximum Gasteiger partial charge on any atom is 0.367 e. The third kappa shape index (κ3) is 3.67. The molecule has 0 heterocycles. The van der Waals surface area contributed by atoms with Gasteiger partial charge in [-0.15, -0.1) is 0 Å².